The molecule has 1 heterocycles. The van der Waals surface area contributed by atoms with Gasteiger partial charge in [-0.15, -0.1) is 0 Å². The van der Waals surface area contributed by atoms with Gasteiger partial charge in [0.15, 0.2) is 0 Å². The Bertz CT molecular complexity index is 237. The van der Waals surface area contributed by atoms with Crippen molar-refractivity contribution in [3.05, 3.63) is 0 Å². The summed E-state index contributed by atoms with van der Waals surface area (Å²) in [4.78, 5) is 3.24. The second-order valence-electron chi connectivity index (χ2n) is 5.00. The standard InChI is InChI=1S/C12H22N2OS/c13-12(16)3-6-14(11-1-2-11)9-10-4-7-15-8-5-10/h10-11H,1-9H2,(H2,13,16). The molecule has 2 N–H and O–H groups in total. The van der Waals surface area contributed by atoms with Gasteiger partial charge in [-0.3, -0.25) is 4.90 Å². The summed E-state index contributed by atoms with van der Waals surface area (Å²) in [5.41, 5.74) is 5.58. The molecule has 92 valence electrons. The molecule has 0 spiro atoms. The highest BCUT2D eigenvalue weighted by Gasteiger charge is 2.30. The first-order valence-corrected chi connectivity index (χ1v) is 6.76. The Labute approximate surface area is 103 Å². The number of thiocarbonyl (C=S) groups is 1. The van der Waals surface area contributed by atoms with Crippen LogP contribution in [0, 0.1) is 5.92 Å². The monoisotopic (exact) mass is 242 g/mol. The maximum Gasteiger partial charge on any atom is 0.0740 e. The molecule has 16 heavy (non-hydrogen) atoms. The first kappa shape index (κ1) is 12.3. The van der Waals surface area contributed by atoms with E-state index in [4.69, 9.17) is 22.7 Å². The van der Waals surface area contributed by atoms with Crippen molar-refractivity contribution in [3.63, 3.8) is 0 Å². The van der Waals surface area contributed by atoms with Gasteiger partial charge in [-0.2, -0.15) is 0 Å². The largest absolute Gasteiger partial charge is 0.393 e. The van der Waals surface area contributed by atoms with Gasteiger partial charge < -0.3 is 10.5 Å². The molecule has 0 bridgehead atoms. The van der Waals surface area contributed by atoms with Crippen molar-refractivity contribution >= 4 is 17.2 Å². The molecule has 0 atom stereocenters. The molecule has 0 amide bonds. The van der Waals surface area contributed by atoms with Crippen molar-refractivity contribution in [2.24, 2.45) is 11.7 Å². The molecule has 0 aromatic rings. The van der Waals surface area contributed by atoms with E-state index < -0.39 is 0 Å². The first-order chi connectivity index (χ1) is 7.75. The molecule has 0 aromatic heterocycles. The normalized spacial score (nSPS) is 22.6. The SMILES string of the molecule is NC(=S)CCN(CC1CCOCC1)C1CC1. The summed E-state index contributed by atoms with van der Waals surface area (Å²) in [5.74, 6) is 0.820. The molecule has 0 radical (unpaired) electrons. The van der Waals surface area contributed by atoms with Crippen molar-refractivity contribution in [1.82, 2.24) is 4.90 Å². The summed E-state index contributed by atoms with van der Waals surface area (Å²) in [6.45, 7) is 4.16. The van der Waals surface area contributed by atoms with Crippen molar-refractivity contribution in [1.29, 1.82) is 0 Å². The van der Waals surface area contributed by atoms with Gasteiger partial charge in [0.05, 0.1) is 4.99 Å². The Kier molecular flexibility index (Phi) is 4.55. The summed E-state index contributed by atoms with van der Waals surface area (Å²) >= 11 is 4.96. The van der Waals surface area contributed by atoms with Gasteiger partial charge >= 0.3 is 0 Å². The van der Waals surface area contributed by atoms with Crippen LogP contribution in [0.4, 0.5) is 0 Å². The third-order valence-electron chi connectivity index (χ3n) is 3.54. The van der Waals surface area contributed by atoms with E-state index in [1.807, 2.05) is 0 Å². The van der Waals surface area contributed by atoms with Crippen LogP contribution in [0.5, 0.6) is 0 Å². The predicted molar refractivity (Wildman–Crippen MR) is 69.5 cm³/mol. The molecule has 2 rings (SSSR count). The summed E-state index contributed by atoms with van der Waals surface area (Å²) in [7, 11) is 0. The van der Waals surface area contributed by atoms with Crippen molar-refractivity contribution in [2.45, 2.75) is 38.1 Å². The summed E-state index contributed by atoms with van der Waals surface area (Å²) < 4.78 is 5.40. The van der Waals surface area contributed by atoms with Crippen LogP contribution in [0.2, 0.25) is 0 Å². The first-order valence-electron chi connectivity index (χ1n) is 6.36. The minimum absolute atomic E-state index is 0.651. The van der Waals surface area contributed by atoms with Crippen LogP contribution in [0.15, 0.2) is 0 Å². The van der Waals surface area contributed by atoms with E-state index in [9.17, 15) is 0 Å². The van der Waals surface area contributed by atoms with E-state index in [0.29, 0.717) is 4.99 Å². The summed E-state index contributed by atoms with van der Waals surface area (Å²) in [5, 5.41) is 0. The van der Waals surface area contributed by atoms with Crippen LogP contribution in [0.1, 0.15) is 32.1 Å². The van der Waals surface area contributed by atoms with E-state index in [1.54, 1.807) is 0 Å². The molecule has 1 saturated heterocycles. The number of ether oxygens (including phenoxy) is 1. The molecule has 4 heteroatoms. The highest BCUT2D eigenvalue weighted by molar-refractivity contribution is 7.80. The van der Waals surface area contributed by atoms with E-state index >= 15 is 0 Å². The zero-order valence-corrected chi connectivity index (χ0v) is 10.7. The number of nitrogens with zero attached hydrogens (tertiary/aromatic N) is 1. The lowest BCUT2D eigenvalue weighted by Crippen LogP contribution is -2.36. The number of hydrogen-bond acceptors (Lipinski definition) is 3. The van der Waals surface area contributed by atoms with Crippen LogP contribution in [0.3, 0.4) is 0 Å². The Hall–Kier alpha value is -0.190. The molecule has 2 aliphatic rings. The Morgan fingerprint density at radius 3 is 2.50 bits per heavy atom. The number of rotatable bonds is 6. The van der Waals surface area contributed by atoms with Gasteiger partial charge in [0.25, 0.3) is 0 Å². The smallest absolute Gasteiger partial charge is 0.0740 e. The minimum atomic E-state index is 0.651. The fraction of sp³-hybridized carbons (Fsp3) is 0.917. The lowest BCUT2D eigenvalue weighted by atomic mass is 9.99. The van der Waals surface area contributed by atoms with Crippen molar-refractivity contribution in [3.8, 4) is 0 Å². The Morgan fingerprint density at radius 1 is 1.25 bits per heavy atom. The van der Waals surface area contributed by atoms with Crippen LogP contribution in [-0.2, 0) is 4.74 Å². The third kappa shape index (κ3) is 4.00. The summed E-state index contributed by atoms with van der Waals surface area (Å²) in [6.07, 6.45) is 6.03. The van der Waals surface area contributed by atoms with Gasteiger partial charge in [0, 0.05) is 38.8 Å². The molecule has 0 unspecified atom stereocenters. The Balaban J connectivity index is 1.75. The molecule has 0 aromatic carbocycles. The topological polar surface area (TPSA) is 38.5 Å². The van der Waals surface area contributed by atoms with Crippen molar-refractivity contribution < 1.29 is 4.74 Å². The maximum atomic E-state index is 5.58. The third-order valence-corrected chi connectivity index (χ3v) is 3.75. The van der Waals surface area contributed by atoms with Gasteiger partial charge in [-0.25, -0.2) is 0 Å². The van der Waals surface area contributed by atoms with Crippen LogP contribution < -0.4 is 5.73 Å². The molecular weight excluding hydrogens is 220 g/mol. The molecule has 1 aliphatic carbocycles. The second kappa shape index (κ2) is 5.94. The Morgan fingerprint density at radius 2 is 1.94 bits per heavy atom. The number of nitrogens with two attached hydrogens (primary N) is 1. The molecule has 1 aliphatic heterocycles. The van der Waals surface area contributed by atoms with Gasteiger partial charge in [-0.1, -0.05) is 12.2 Å². The minimum Gasteiger partial charge on any atom is -0.393 e. The van der Waals surface area contributed by atoms with E-state index in [-0.39, 0.29) is 0 Å². The van der Waals surface area contributed by atoms with Crippen LogP contribution >= 0.6 is 12.2 Å². The molecule has 2 fully saturated rings. The van der Waals surface area contributed by atoms with E-state index in [0.717, 1.165) is 38.1 Å². The van der Waals surface area contributed by atoms with Crippen LogP contribution in [0.25, 0.3) is 0 Å². The van der Waals surface area contributed by atoms with Gasteiger partial charge in [0.2, 0.25) is 0 Å². The fourth-order valence-electron chi connectivity index (χ4n) is 2.38. The predicted octanol–water partition coefficient (Wildman–Crippen LogP) is 1.55. The molecule has 1 saturated carbocycles. The highest BCUT2D eigenvalue weighted by Crippen LogP contribution is 2.29. The maximum absolute atomic E-state index is 5.58. The zero-order valence-electron chi connectivity index (χ0n) is 9.86. The fourth-order valence-corrected chi connectivity index (χ4v) is 2.47. The number of hydrogen-bond donors (Lipinski definition) is 1. The van der Waals surface area contributed by atoms with E-state index in [2.05, 4.69) is 4.90 Å². The van der Waals surface area contributed by atoms with Crippen LogP contribution in [-0.4, -0.2) is 42.2 Å². The average molecular weight is 242 g/mol. The highest BCUT2D eigenvalue weighted by atomic mass is 32.1. The lowest BCUT2D eigenvalue weighted by Gasteiger charge is -2.29. The van der Waals surface area contributed by atoms with Gasteiger partial charge in [0.1, 0.15) is 0 Å². The molecular formula is C12H22N2OS. The lowest BCUT2D eigenvalue weighted by molar-refractivity contribution is 0.0517. The van der Waals surface area contributed by atoms with Crippen molar-refractivity contribution in [2.75, 3.05) is 26.3 Å². The zero-order chi connectivity index (χ0) is 11.4. The van der Waals surface area contributed by atoms with Gasteiger partial charge in [-0.05, 0) is 31.6 Å². The summed E-state index contributed by atoms with van der Waals surface area (Å²) in [6, 6.07) is 0.817. The average Bonchev–Trinajstić information content (AvgIpc) is 3.09. The second-order valence-corrected chi connectivity index (χ2v) is 5.52. The van der Waals surface area contributed by atoms with E-state index in [1.165, 1.54) is 32.2 Å². The quantitative estimate of drug-likeness (QED) is 0.717. The molecule has 3 nitrogen and oxygen atoms in total.